The fourth-order valence-electron chi connectivity index (χ4n) is 1.70. The zero-order valence-electron chi connectivity index (χ0n) is 10.3. The zero-order chi connectivity index (χ0) is 11.5. The Bertz CT molecular complexity index is 157. The Labute approximate surface area is 100 Å². The largest absolute Gasteiger partial charge is 0.742 e. The summed E-state index contributed by atoms with van der Waals surface area (Å²) in [6.07, 6.45) is 11.5. The molecule has 90 valence electrons. The van der Waals surface area contributed by atoms with E-state index in [1.165, 1.54) is 44.9 Å². The fourth-order valence-corrected chi connectivity index (χ4v) is 1.82. The number of carbonyl (C=O) groups is 1. The van der Waals surface area contributed by atoms with Gasteiger partial charge < -0.3 is 17.4 Å². The molecule has 0 aliphatic rings. The zero-order valence-corrected chi connectivity index (χ0v) is 11.1. The first-order chi connectivity index (χ1) is 7.18. The maximum atomic E-state index is 10.8. The lowest BCUT2D eigenvalue weighted by Gasteiger charge is -2.12. The first-order valence-electron chi connectivity index (χ1n) is 6.39. The smallest absolute Gasteiger partial charge is 0.0148 e. The van der Waals surface area contributed by atoms with Crippen molar-refractivity contribution in [2.24, 2.45) is 5.92 Å². The van der Waals surface area contributed by atoms with Crippen molar-refractivity contribution in [3.63, 3.8) is 0 Å². The maximum Gasteiger partial charge on any atom is 0.0148 e. The van der Waals surface area contributed by atoms with Crippen molar-refractivity contribution in [2.45, 2.75) is 71.6 Å². The summed E-state index contributed by atoms with van der Waals surface area (Å²) >= 11 is 4.61. The highest BCUT2D eigenvalue weighted by Crippen LogP contribution is 2.13. The van der Waals surface area contributed by atoms with Crippen LogP contribution in [0.2, 0.25) is 0 Å². The molecule has 0 aromatic carbocycles. The van der Waals surface area contributed by atoms with Crippen LogP contribution in [0.5, 0.6) is 0 Å². The lowest BCUT2D eigenvalue weighted by atomic mass is 10.0. The second kappa shape index (κ2) is 10.4. The van der Waals surface area contributed by atoms with E-state index in [1.54, 1.807) is 0 Å². The summed E-state index contributed by atoms with van der Waals surface area (Å²) in [6.45, 7) is 4.18. The first-order valence-corrected chi connectivity index (χ1v) is 6.80. The number of hydrogen-bond donors (Lipinski definition) is 0. The third-order valence-corrected chi connectivity index (χ3v) is 3.30. The van der Waals surface area contributed by atoms with Gasteiger partial charge in [0.2, 0.25) is 0 Å². The van der Waals surface area contributed by atoms with E-state index < -0.39 is 0 Å². The summed E-state index contributed by atoms with van der Waals surface area (Å²) in [4.78, 5) is 10.8. The summed E-state index contributed by atoms with van der Waals surface area (Å²) in [7, 11) is 0. The molecule has 0 N–H and O–H groups in total. The van der Waals surface area contributed by atoms with Gasteiger partial charge in [-0.1, -0.05) is 65.2 Å². The maximum absolute atomic E-state index is 10.8. The molecule has 0 bridgehead atoms. The van der Waals surface area contributed by atoms with Crippen molar-refractivity contribution in [1.29, 1.82) is 0 Å². The van der Waals surface area contributed by atoms with Crippen molar-refractivity contribution in [3.8, 4) is 0 Å². The average molecular weight is 229 g/mol. The van der Waals surface area contributed by atoms with E-state index >= 15 is 0 Å². The van der Waals surface area contributed by atoms with Gasteiger partial charge in [0.05, 0.1) is 0 Å². The topological polar surface area (TPSA) is 17.1 Å². The molecule has 0 saturated carbocycles. The average Bonchev–Trinajstić information content (AvgIpc) is 2.21. The minimum atomic E-state index is -0.0713. The van der Waals surface area contributed by atoms with Gasteiger partial charge in [-0.05, 0) is 12.3 Å². The highest BCUT2D eigenvalue weighted by atomic mass is 32.1. The summed E-state index contributed by atoms with van der Waals surface area (Å²) in [5, 5.41) is -0.0713. The molecule has 0 heterocycles. The lowest BCUT2D eigenvalue weighted by molar-refractivity contribution is -0.114. The second-order valence-electron chi connectivity index (χ2n) is 4.48. The molecule has 0 spiro atoms. The molecule has 0 aliphatic heterocycles. The monoisotopic (exact) mass is 229 g/mol. The van der Waals surface area contributed by atoms with Crippen LogP contribution >= 0.6 is 0 Å². The summed E-state index contributed by atoms with van der Waals surface area (Å²) < 4.78 is 0. The SMILES string of the molecule is CCCCCCCCCCC(C)C(=O)[S-]. The van der Waals surface area contributed by atoms with Gasteiger partial charge in [-0.25, -0.2) is 0 Å². The van der Waals surface area contributed by atoms with Gasteiger partial charge in [0.25, 0.3) is 0 Å². The Balaban J connectivity index is 3.08. The minimum absolute atomic E-state index is 0.0713. The molecule has 0 fully saturated rings. The molecule has 0 saturated heterocycles. The lowest BCUT2D eigenvalue weighted by Crippen LogP contribution is -2.06. The number of rotatable bonds is 10. The van der Waals surface area contributed by atoms with Crippen molar-refractivity contribution in [3.05, 3.63) is 0 Å². The van der Waals surface area contributed by atoms with Crippen molar-refractivity contribution in [1.82, 2.24) is 0 Å². The molecule has 0 aliphatic carbocycles. The van der Waals surface area contributed by atoms with Gasteiger partial charge in [-0.3, -0.25) is 0 Å². The molecule has 15 heavy (non-hydrogen) atoms. The van der Waals surface area contributed by atoms with E-state index in [-0.39, 0.29) is 11.0 Å². The number of unbranched alkanes of at least 4 members (excludes halogenated alkanes) is 7. The molecule has 2 heteroatoms. The summed E-state index contributed by atoms with van der Waals surface area (Å²) in [5.74, 6) is 0.0973. The van der Waals surface area contributed by atoms with Gasteiger partial charge in [-0.2, -0.15) is 0 Å². The third kappa shape index (κ3) is 10.2. The van der Waals surface area contributed by atoms with Crippen LogP contribution in [-0.2, 0) is 17.4 Å². The molecule has 0 radical (unpaired) electrons. The van der Waals surface area contributed by atoms with E-state index in [0.717, 1.165) is 12.8 Å². The Morgan fingerprint density at radius 3 is 1.93 bits per heavy atom. The molecule has 0 aromatic rings. The Morgan fingerprint density at radius 1 is 1.00 bits per heavy atom. The van der Waals surface area contributed by atoms with Crippen molar-refractivity contribution >= 4 is 17.7 Å². The molecule has 0 aromatic heterocycles. The Morgan fingerprint density at radius 2 is 1.47 bits per heavy atom. The summed E-state index contributed by atoms with van der Waals surface area (Å²) in [5.41, 5.74) is 0. The second-order valence-corrected chi connectivity index (χ2v) is 4.89. The van der Waals surface area contributed by atoms with E-state index in [2.05, 4.69) is 19.6 Å². The van der Waals surface area contributed by atoms with Crippen LogP contribution in [0.15, 0.2) is 0 Å². The molecule has 1 nitrogen and oxygen atoms in total. The molecule has 0 amide bonds. The fraction of sp³-hybridized carbons (Fsp3) is 0.923. The van der Waals surface area contributed by atoms with Crippen LogP contribution < -0.4 is 0 Å². The molecule has 1 atom stereocenters. The quantitative estimate of drug-likeness (QED) is 0.412. The van der Waals surface area contributed by atoms with E-state index in [4.69, 9.17) is 0 Å². The Kier molecular flexibility index (Phi) is 10.3. The van der Waals surface area contributed by atoms with Crippen LogP contribution in [0.1, 0.15) is 71.6 Å². The molecular formula is C13H25OS-. The van der Waals surface area contributed by atoms with Gasteiger partial charge in [0, 0.05) is 5.12 Å². The summed E-state index contributed by atoms with van der Waals surface area (Å²) in [6, 6.07) is 0. The van der Waals surface area contributed by atoms with E-state index in [1.807, 2.05) is 6.92 Å². The van der Waals surface area contributed by atoms with Crippen LogP contribution in [0.3, 0.4) is 0 Å². The number of hydrogen-bond acceptors (Lipinski definition) is 2. The normalized spacial score (nSPS) is 12.7. The van der Waals surface area contributed by atoms with Crippen LogP contribution in [0.4, 0.5) is 0 Å². The van der Waals surface area contributed by atoms with Crippen molar-refractivity contribution in [2.75, 3.05) is 0 Å². The third-order valence-electron chi connectivity index (χ3n) is 2.89. The number of carbonyl (C=O) groups excluding carboxylic acids is 1. The first kappa shape index (κ1) is 14.9. The van der Waals surface area contributed by atoms with Gasteiger partial charge in [-0.15, -0.1) is 0 Å². The molecule has 1 unspecified atom stereocenters. The highest BCUT2D eigenvalue weighted by Gasteiger charge is 2.00. The van der Waals surface area contributed by atoms with Gasteiger partial charge in [0.1, 0.15) is 0 Å². The predicted molar refractivity (Wildman–Crippen MR) is 68.8 cm³/mol. The van der Waals surface area contributed by atoms with Gasteiger partial charge in [0.15, 0.2) is 0 Å². The molecule has 0 rings (SSSR count). The van der Waals surface area contributed by atoms with E-state index in [9.17, 15) is 4.79 Å². The minimum Gasteiger partial charge on any atom is -0.742 e. The van der Waals surface area contributed by atoms with Crippen LogP contribution in [-0.4, -0.2) is 5.12 Å². The van der Waals surface area contributed by atoms with E-state index in [0.29, 0.717) is 0 Å². The Hall–Kier alpha value is -0.110. The highest BCUT2D eigenvalue weighted by molar-refractivity contribution is 7.77. The standard InChI is InChI=1S/C13H26OS/c1-3-4-5-6-7-8-9-10-11-12(2)13(14)15/h12H,3-11H2,1-2H3,(H,14,15)/p-1. The van der Waals surface area contributed by atoms with Crippen LogP contribution in [0.25, 0.3) is 0 Å². The predicted octanol–water partition coefficient (Wildman–Crippen LogP) is 4.23. The van der Waals surface area contributed by atoms with Gasteiger partial charge >= 0.3 is 0 Å². The van der Waals surface area contributed by atoms with Crippen LogP contribution in [0, 0.1) is 5.92 Å². The van der Waals surface area contributed by atoms with Crippen molar-refractivity contribution < 1.29 is 4.79 Å². The molecular weight excluding hydrogens is 204 g/mol.